The van der Waals surface area contributed by atoms with Crippen LogP contribution >= 0.6 is 27.5 Å². The van der Waals surface area contributed by atoms with Gasteiger partial charge in [0.2, 0.25) is 0 Å². The lowest BCUT2D eigenvalue weighted by molar-refractivity contribution is 0.0696. The van der Waals surface area contributed by atoms with Crippen molar-refractivity contribution in [2.24, 2.45) is 0 Å². The number of aryl methyl sites for hydroxylation is 1. The molecule has 1 aromatic heterocycles. The zero-order valence-corrected chi connectivity index (χ0v) is 13.0. The van der Waals surface area contributed by atoms with E-state index in [1.54, 1.807) is 12.1 Å². The van der Waals surface area contributed by atoms with Gasteiger partial charge in [0.25, 0.3) is 0 Å². The molecule has 0 unspecified atom stereocenters. The lowest BCUT2D eigenvalue weighted by Gasteiger charge is -2.10. The number of aromatic carboxylic acids is 1. The van der Waals surface area contributed by atoms with Gasteiger partial charge in [-0.1, -0.05) is 34.5 Å². The summed E-state index contributed by atoms with van der Waals surface area (Å²) in [6.45, 7) is 1.92. The molecule has 0 saturated heterocycles. The average Bonchev–Trinajstić information content (AvgIpc) is 2.42. The summed E-state index contributed by atoms with van der Waals surface area (Å²) in [7, 11) is 0. The Bertz CT molecular complexity index is 662. The molecule has 1 aromatic carbocycles. The van der Waals surface area contributed by atoms with E-state index in [9.17, 15) is 4.79 Å². The van der Waals surface area contributed by atoms with Gasteiger partial charge in [-0.25, -0.2) is 9.78 Å². The highest BCUT2D eigenvalue weighted by Gasteiger charge is 2.09. The highest BCUT2D eigenvalue weighted by atomic mass is 79.9. The number of hydrogen-bond acceptors (Lipinski definition) is 3. The Balaban J connectivity index is 2.39. The number of nitrogens with one attached hydrogen (secondary N) is 1. The van der Waals surface area contributed by atoms with Crippen molar-refractivity contribution in [1.82, 2.24) is 4.98 Å². The van der Waals surface area contributed by atoms with E-state index < -0.39 is 5.97 Å². The molecule has 0 bridgehead atoms. The second-order valence-corrected chi connectivity index (χ2v) is 5.46. The zero-order chi connectivity index (χ0) is 14.7. The third-order valence-electron chi connectivity index (χ3n) is 2.68. The van der Waals surface area contributed by atoms with Crippen LogP contribution in [0, 0.1) is 0 Å². The number of halogens is 2. The number of pyridine rings is 1. The fourth-order valence-corrected chi connectivity index (χ4v) is 2.21. The first kappa shape index (κ1) is 14.8. The molecule has 2 rings (SSSR count). The first-order valence-electron chi connectivity index (χ1n) is 5.96. The summed E-state index contributed by atoms with van der Waals surface area (Å²) in [5.41, 5.74) is 1.57. The zero-order valence-electron chi connectivity index (χ0n) is 10.7. The van der Waals surface area contributed by atoms with Gasteiger partial charge in [0, 0.05) is 10.2 Å². The molecule has 6 heteroatoms. The highest BCUT2D eigenvalue weighted by molar-refractivity contribution is 9.10. The maximum absolute atomic E-state index is 11.1. The molecule has 0 amide bonds. The van der Waals surface area contributed by atoms with Crippen LogP contribution in [0.3, 0.4) is 0 Å². The Morgan fingerprint density at radius 1 is 1.40 bits per heavy atom. The Morgan fingerprint density at radius 2 is 2.15 bits per heavy atom. The van der Waals surface area contributed by atoms with Crippen molar-refractivity contribution >= 4 is 45.0 Å². The first-order valence-corrected chi connectivity index (χ1v) is 7.13. The van der Waals surface area contributed by atoms with Gasteiger partial charge in [-0.15, -0.1) is 0 Å². The largest absolute Gasteiger partial charge is 0.478 e. The predicted octanol–water partition coefficient (Wildman–Crippen LogP) is 4.50. The summed E-state index contributed by atoms with van der Waals surface area (Å²) in [4.78, 5) is 15.5. The third-order valence-corrected chi connectivity index (χ3v) is 3.50. The van der Waals surface area contributed by atoms with Crippen molar-refractivity contribution in [3.8, 4) is 0 Å². The van der Waals surface area contributed by atoms with E-state index in [1.165, 1.54) is 6.07 Å². The minimum absolute atomic E-state index is 0.200. The van der Waals surface area contributed by atoms with Crippen LogP contribution in [0.1, 0.15) is 23.0 Å². The van der Waals surface area contributed by atoms with E-state index in [2.05, 4.69) is 26.2 Å². The SMILES string of the molecule is CCc1cc(C(=O)O)cc(Nc2cc(Br)ccc2Cl)n1. The molecule has 0 aliphatic carbocycles. The average molecular weight is 356 g/mol. The quantitative estimate of drug-likeness (QED) is 0.847. The lowest BCUT2D eigenvalue weighted by atomic mass is 10.2. The van der Waals surface area contributed by atoms with Crippen molar-refractivity contribution in [3.63, 3.8) is 0 Å². The van der Waals surface area contributed by atoms with E-state index in [-0.39, 0.29) is 5.56 Å². The van der Waals surface area contributed by atoms with Gasteiger partial charge in [0.15, 0.2) is 0 Å². The Kier molecular flexibility index (Phi) is 4.62. The monoisotopic (exact) mass is 354 g/mol. The molecule has 4 nitrogen and oxygen atoms in total. The van der Waals surface area contributed by atoms with Crippen molar-refractivity contribution < 1.29 is 9.90 Å². The van der Waals surface area contributed by atoms with Crippen molar-refractivity contribution in [3.05, 3.63) is 51.1 Å². The van der Waals surface area contributed by atoms with Gasteiger partial charge < -0.3 is 10.4 Å². The molecule has 0 saturated carbocycles. The number of aromatic nitrogens is 1. The summed E-state index contributed by atoms with van der Waals surface area (Å²) in [5, 5.41) is 12.7. The molecule has 0 aliphatic heterocycles. The van der Waals surface area contributed by atoms with Gasteiger partial charge in [0.05, 0.1) is 16.3 Å². The lowest BCUT2D eigenvalue weighted by Crippen LogP contribution is -2.03. The van der Waals surface area contributed by atoms with E-state index in [0.717, 1.165) is 4.47 Å². The standard InChI is InChI=1S/C14H12BrClN2O2/c1-2-10-5-8(14(19)20)6-13(17-10)18-12-7-9(15)3-4-11(12)16/h3-7H,2H2,1H3,(H,17,18)(H,19,20). The van der Waals surface area contributed by atoms with Crippen LogP contribution in [0.4, 0.5) is 11.5 Å². The Hall–Kier alpha value is -1.59. The number of hydrogen-bond donors (Lipinski definition) is 2. The number of anilines is 2. The van der Waals surface area contributed by atoms with E-state index in [1.807, 2.05) is 19.1 Å². The summed E-state index contributed by atoms with van der Waals surface area (Å²) in [6.07, 6.45) is 0.655. The molecule has 0 fully saturated rings. The van der Waals surface area contributed by atoms with Gasteiger partial charge in [0.1, 0.15) is 5.82 Å². The third kappa shape index (κ3) is 3.49. The van der Waals surface area contributed by atoms with Crippen LogP contribution < -0.4 is 5.32 Å². The molecule has 0 aliphatic rings. The molecule has 2 N–H and O–H groups in total. The van der Waals surface area contributed by atoms with Crippen LogP contribution in [0.2, 0.25) is 5.02 Å². The summed E-state index contributed by atoms with van der Waals surface area (Å²) < 4.78 is 0.870. The van der Waals surface area contributed by atoms with Gasteiger partial charge >= 0.3 is 5.97 Å². The minimum Gasteiger partial charge on any atom is -0.478 e. The van der Waals surface area contributed by atoms with E-state index in [0.29, 0.717) is 28.6 Å². The smallest absolute Gasteiger partial charge is 0.335 e. The van der Waals surface area contributed by atoms with Crippen LogP contribution in [0.25, 0.3) is 0 Å². The van der Waals surface area contributed by atoms with Crippen LogP contribution in [-0.4, -0.2) is 16.1 Å². The van der Waals surface area contributed by atoms with Crippen molar-refractivity contribution in [1.29, 1.82) is 0 Å². The summed E-state index contributed by atoms with van der Waals surface area (Å²) >= 11 is 9.46. The van der Waals surface area contributed by atoms with Crippen LogP contribution in [-0.2, 0) is 6.42 Å². The fraction of sp³-hybridized carbons (Fsp3) is 0.143. The number of carbonyl (C=O) groups is 1. The van der Waals surface area contributed by atoms with Gasteiger partial charge in [-0.05, 0) is 36.8 Å². The summed E-state index contributed by atoms with van der Waals surface area (Å²) in [6, 6.07) is 8.43. The number of carboxylic acid groups (broad SMARTS) is 1. The summed E-state index contributed by atoms with van der Waals surface area (Å²) in [5.74, 6) is -0.521. The molecule has 0 radical (unpaired) electrons. The van der Waals surface area contributed by atoms with Crippen LogP contribution in [0.5, 0.6) is 0 Å². The fourth-order valence-electron chi connectivity index (χ4n) is 1.69. The normalized spacial score (nSPS) is 10.3. The van der Waals surface area contributed by atoms with Gasteiger partial charge in [-0.2, -0.15) is 0 Å². The highest BCUT2D eigenvalue weighted by Crippen LogP contribution is 2.28. The van der Waals surface area contributed by atoms with E-state index >= 15 is 0 Å². The van der Waals surface area contributed by atoms with Crippen molar-refractivity contribution in [2.75, 3.05) is 5.32 Å². The van der Waals surface area contributed by atoms with Crippen LogP contribution in [0.15, 0.2) is 34.8 Å². The molecule has 104 valence electrons. The molecule has 0 spiro atoms. The van der Waals surface area contributed by atoms with E-state index in [4.69, 9.17) is 16.7 Å². The maximum Gasteiger partial charge on any atom is 0.335 e. The molecular formula is C14H12BrClN2O2. The second-order valence-electron chi connectivity index (χ2n) is 4.14. The second kappa shape index (κ2) is 6.24. The molecule has 1 heterocycles. The Morgan fingerprint density at radius 3 is 2.80 bits per heavy atom. The minimum atomic E-state index is -0.981. The van der Waals surface area contributed by atoms with Gasteiger partial charge in [-0.3, -0.25) is 0 Å². The molecule has 2 aromatic rings. The number of carboxylic acids is 1. The molecular weight excluding hydrogens is 344 g/mol. The topological polar surface area (TPSA) is 62.2 Å². The Labute approximate surface area is 129 Å². The van der Waals surface area contributed by atoms with Crippen molar-refractivity contribution in [2.45, 2.75) is 13.3 Å². The number of benzene rings is 1. The molecule has 0 atom stereocenters. The number of nitrogens with zero attached hydrogens (tertiary/aromatic N) is 1. The molecule has 20 heavy (non-hydrogen) atoms. The number of rotatable bonds is 4. The predicted molar refractivity (Wildman–Crippen MR) is 83.0 cm³/mol. The maximum atomic E-state index is 11.1. The first-order chi connectivity index (χ1) is 9.49.